The molecule has 8 heteroatoms. The van der Waals surface area contributed by atoms with Gasteiger partial charge in [-0.05, 0) is 24.3 Å². The molecule has 0 aliphatic carbocycles. The molecule has 1 aromatic rings. The predicted octanol–water partition coefficient (Wildman–Crippen LogP) is 0.804. The summed E-state index contributed by atoms with van der Waals surface area (Å²) in [5.74, 6) is -1.27. The van der Waals surface area contributed by atoms with Crippen molar-refractivity contribution in [2.24, 2.45) is 0 Å². The van der Waals surface area contributed by atoms with Gasteiger partial charge in [-0.3, -0.25) is 0 Å². The van der Waals surface area contributed by atoms with Crippen LogP contribution in [0.25, 0.3) is 0 Å². The molecule has 0 fully saturated rings. The van der Waals surface area contributed by atoms with Gasteiger partial charge in [-0.1, -0.05) is 6.92 Å². The van der Waals surface area contributed by atoms with Gasteiger partial charge in [0.05, 0.1) is 6.61 Å². The average Bonchev–Trinajstić information content (AvgIpc) is 2.69. The molecule has 0 aliphatic rings. The standard InChI is InChI=1S/C10H15NO5S2/c1-3-7(4-12)11-18(15,16)9-6(2)5-17-8(9)10(13)14/h5,7,11-12H,3-4H2,1-2H3,(H,13,14). The Morgan fingerprint density at radius 3 is 2.61 bits per heavy atom. The van der Waals surface area contributed by atoms with E-state index in [1.165, 1.54) is 12.3 Å². The molecule has 102 valence electrons. The zero-order chi connectivity index (χ0) is 13.9. The number of aryl methyl sites for hydroxylation is 1. The highest BCUT2D eigenvalue weighted by Crippen LogP contribution is 2.27. The van der Waals surface area contributed by atoms with E-state index in [2.05, 4.69) is 4.72 Å². The van der Waals surface area contributed by atoms with Gasteiger partial charge in [-0.2, -0.15) is 0 Å². The molecule has 0 radical (unpaired) electrons. The number of thiophene rings is 1. The Kier molecular flexibility index (Phi) is 4.85. The normalized spacial score (nSPS) is 13.5. The summed E-state index contributed by atoms with van der Waals surface area (Å²) in [6.07, 6.45) is 0.418. The zero-order valence-electron chi connectivity index (χ0n) is 10.0. The number of nitrogens with one attached hydrogen (secondary N) is 1. The van der Waals surface area contributed by atoms with Crippen LogP contribution in [0.5, 0.6) is 0 Å². The monoisotopic (exact) mass is 293 g/mol. The summed E-state index contributed by atoms with van der Waals surface area (Å²) in [7, 11) is -3.93. The molecule has 1 heterocycles. The molecule has 3 N–H and O–H groups in total. The molecular weight excluding hydrogens is 278 g/mol. The largest absolute Gasteiger partial charge is 0.477 e. The van der Waals surface area contributed by atoms with Crippen molar-refractivity contribution >= 4 is 27.3 Å². The van der Waals surface area contributed by atoms with E-state index in [1.807, 2.05) is 0 Å². The van der Waals surface area contributed by atoms with Gasteiger partial charge in [0.1, 0.15) is 9.77 Å². The minimum Gasteiger partial charge on any atom is -0.477 e. The Bertz CT molecular complexity index is 530. The number of aromatic carboxylic acids is 1. The maximum Gasteiger partial charge on any atom is 0.347 e. The van der Waals surface area contributed by atoms with E-state index in [-0.39, 0.29) is 16.4 Å². The van der Waals surface area contributed by atoms with Crippen LogP contribution in [0.2, 0.25) is 0 Å². The second-order valence-electron chi connectivity index (χ2n) is 3.79. The van der Waals surface area contributed by atoms with Gasteiger partial charge in [0.2, 0.25) is 10.0 Å². The first-order chi connectivity index (χ1) is 8.33. The van der Waals surface area contributed by atoms with Crippen LogP contribution in [0.4, 0.5) is 0 Å². The summed E-state index contributed by atoms with van der Waals surface area (Å²) in [5.41, 5.74) is 0.387. The SMILES string of the molecule is CCC(CO)NS(=O)(=O)c1c(C)csc1C(=O)O. The highest BCUT2D eigenvalue weighted by molar-refractivity contribution is 7.89. The summed E-state index contributed by atoms with van der Waals surface area (Å²) in [4.78, 5) is 10.5. The topological polar surface area (TPSA) is 104 Å². The van der Waals surface area contributed by atoms with Crippen molar-refractivity contribution < 1.29 is 23.4 Å². The summed E-state index contributed by atoms with van der Waals surface area (Å²) in [6.45, 7) is 2.93. The number of carboxylic acid groups (broad SMARTS) is 1. The van der Waals surface area contributed by atoms with Crippen LogP contribution in [0, 0.1) is 6.92 Å². The quantitative estimate of drug-likeness (QED) is 0.720. The van der Waals surface area contributed by atoms with Gasteiger partial charge in [0.25, 0.3) is 0 Å². The van der Waals surface area contributed by atoms with Crippen molar-refractivity contribution in [3.63, 3.8) is 0 Å². The smallest absolute Gasteiger partial charge is 0.347 e. The molecule has 6 nitrogen and oxygen atoms in total. The molecule has 0 saturated heterocycles. The first-order valence-corrected chi connectivity index (χ1v) is 7.64. The Balaban J connectivity index is 3.20. The van der Waals surface area contributed by atoms with E-state index in [1.54, 1.807) is 6.92 Å². The third-order valence-corrected chi connectivity index (χ3v) is 5.34. The Morgan fingerprint density at radius 2 is 2.17 bits per heavy atom. The van der Waals surface area contributed by atoms with E-state index < -0.39 is 22.0 Å². The minimum atomic E-state index is -3.93. The molecule has 1 rings (SSSR count). The van der Waals surface area contributed by atoms with Gasteiger partial charge in [0, 0.05) is 6.04 Å². The molecule has 1 aromatic heterocycles. The lowest BCUT2D eigenvalue weighted by molar-refractivity contribution is 0.0698. The van der Waals surface area contributed by atoms with Crippen molar-refractivity contribution in [2.75, 3.05) is 6.61 Å². The molecule has 1 atom stereocenters. The number of carbonyl (C=O) groups is 1. The Morgan fingerprint density at radius 1 is 1.56 bits per heavy atom. The fourth-order valence-electron chi connectivity index (χ4n) is 1.44. The highest BCUT2D eigenvalue weighted by Gasteiger charge is 2.28. The van der Waals surface area contributed by atoms with Gasteiger partial charge in [-0.15, -0.1) is 11.3 Å². The first kappa shape index (κ1) is 15.1. The van der Waals surface area contributed by atoms with Crippen LogP contribution in [-0.2, 0) is 10.0 Å². The van der Waals surface area contributed by atoms with Crippen molar-refractivity contribution in [3.05, 3.63) is 15.8 Å². The van der Waals surface area contributed by atoms with Gasteiger partial charge in [0.15, 0.2) is 0 Å². The van der Waals surface area contributed by atoms with E-state index in [0.717, 1.165) is 11.3 Å². The number of sulfonamides is 1. The summed E-state index contributed by atoms with van der Waals surface area (Å²) in [6, 6.07) is -0.615. The van der Waals surface area contributed by atoms with Crippen LogP contribution in [-0.4, -0.2) is 37.2 Å². The molecular formula is C10H15NO5S2. The maximum atomic E-state index is 12.1. The van der Waals surface area contributed by atoms with Crippen molar-refractivity contribution in [2.45, 2.75) is 31.2 Å². The minimum absolute atomic E-state index is 0.215. The number of hydrogen-bond donors (Lipinski definition) is 3. The summed E-state index contributed by atoms with van der Waals surface area (Å²) >= 11 is 0.872. The fourth-order valence-corrected chi connectivity index (χ4v) is 4.38. The second-order valence-corrected chi connectivity index (χ2v) is 6.32. The average molecular weight is 293 g/mol. The van der Waals surface area contributed by atoms with E-state index in [9.17, 15) is 13.2 Å². The van der Waals surface area contributed by atoms with Crippen LogP contribution < -0.4 is 4.72 Å². The van der Waals surface area contributed by atoms with E-state index >= 15 is 0 Å². The maximum absolute atomic E-state index is 12.1. The molecule has 18 heavy (non-hydrogen) atoms. The van der Waals surface area contributed by atoms with E-state index in [4.69, 9.17) is 10.2 Å². The van der Waals surface area contributed by atoms with Gasteiger partial charge in [-0.25, -0.2) is 17.9 Å². The second kappa shape index (κ2) is 5.79. The molecule has 1 unspecified atom stereocenters. The molecule has 0 saturated carbocycles. The number of aliphatic hydroxyl groups excluding tert-OH is 1. The van der Waals surface area contributed by atoms with Crippen LogP contribution >= 0.6 is 11.3 Å². The number of hydrogen-bond acceptors (Lipinski definition) is 5. The molecule has 0 aromatic carbocycles. The van der Waals surface area contributed by atoms with E-state index in [0.29, 0.717) is 12.0 Å². The fraction of sp³-hybridized carbons (Fsp3) is 0.500. The van der Waals surface area contributed by atoms with Crippen molar-refractivity contribution in [3.8, 4) is 0 Å². The molecule has 0 spiro atoms. The lowest BCUT2D eigenvalue weighted by Gasteiger charge is -2.14. The third-order valence-electron chi connectivity index (χ3n) is 2.42. The number of rotatable bonds is 6. The Hall–Kier alpha value is -0.960. The van der Waals surface area contributed by atoms with Crippen LogP contribution in [0.15, 0.2) is 10.3 Å². The van der Waals surface area contributed by atoms with Crippen LogP contribution in [0.1, 0.15) is 28.6 Å². The van der Waals surface area contributed by atoms with Gasteiger partial charge >= 0.3 is 5.97 Å². The lowest BCUT2D eigenvalue weighted by atomic mass is 10.3. The molecule has 0 aliphatic heterocycles. The number of carboxylic acids is 1. The highest BCUT2D eigenvalue weighted by atomic mass is 32.2. The van der Waals surface area contributed by atoms with Crippen molar-refractivity contribution in [1.82, 2.24) is 4.72 Å². The number of aliphatic hydroxyl groups is 1. The van der Waals surface area contributed by atoms with Crippen LogP contribution in [0.3, 0.4) is 0 Å². The summed E-state index contributed by atoms with van der Waals surface area (Å²) in [5, 5.41) is 19.4. The van der Waals surface area contributed by atoms with Gasteiger partial charge < -0.3 is 10.2 Å². The van der Waals surface area contributed by atoms with Crippen molar-refractivity contribution in [1.29, 1.82) is 0 Å². The summed E-state index contributed by atoms with van der Waals surface area (Å²) < 4.78 is 26.5. The molecule has 0 amide bonds. The third kappa shape index (κ3) is 3.08. The zero-order valence-corrected chi connectivity index (χ0v) is 11.6. The predicted molar refractivity (Wildman–Crippen MR) is 67.5 cm³/mol. The Labute approximate surface area is 109 Å². The first-order valence-electron chi connectivity index (χ1n) is 5.28. The molecule has 0 bridgehead atoms. The lowest BCUT2D eigenvalue weighted by Crippen LogP contribution is -2.37.